The van der Waals surface area contributed by atoms with Crippen molar-refractivity contribution in [1.82, 2.24) is 10.2 Å². The molecule has 1 aliphatic rings. The van der Waals surface area contributed by atoms with Crippen LogP contribution in [0.3, 0.4) is 0 Å². The lowest BCUT2D eigenvalue weighted by Crippen LogP contribution is -2.31. The summed E-state index contributed by atoms with van der Waals surface area (Å²) in [5.41, 5.74) is 3.38. The van der Waals surface area contributed by atoms with Crippen LogP contribution in [0, 0.1) is 6.92 Å². The summed E-state index contributed by atoms with van der Waals surface area (Å²) in [6.07, 6.45) is 0. The molecule has 1 amide bonds. The minimum absolute atomic E-state index is 0.0324. The normalized spacial score (nSPS) is 15.2. The summed E-state index contributed by atoms with van der Waals surface area (Å²) in [7, 11) is 0. The number of benzene rings is 3. The van der Waals surface area contributed by atoms with Gasteiger partial charge in [-0.1, -0.05) is 83.3 Å². The lowest BCUT2D eigenvalue weighted by Gasteiger charge is -2.24. The van der Waals surface area contributed by atoms with Crippen LogP contribution in [-0.2, 0) is 10.5 Å². The number of ketones is 1. The van der Waals surface area contributed by atoms with E-state index in [1.807, 2.05) is 32.0 Å². The van der Waals surface area contributed by atoms with E-state index in [2.05, 4.69) is 34.5 Å². The molecule has 0 saturated carbocycles. The molecule has 1 atom stereocenters. The zero-order valence-corrected chi connectivity index (χ0v) is 23.9. The molecule has 1 N–H and O–H groups in total. The molecule has 41 heavy (non-hydrogen) atoms. The van der Waals surface area contributed by atoms with E-state index in [4.69, 9.17) is 9.15 Å². The molecule has 1 unspecified atom stereocenters. The SMILES string of the molecule is CCOc1ccc(C2C(C(=O)c3cc4ccccc4o3)=C(O)C(=O)N2c2nnc(SCc3ccc(C)cc3)s2)cc1. The van der Waals surface area contributed by atoms with Gasteiger partial charge in [0.1, 0.15) is 11.3 Å². The van der Waals surface area contributed by atoms with Crippen molar-refractivity contribution in [3.8, 4) is 5.75 Å². The van der Waals surface area contributed by atoms with Crippen molar-refractivity contribution in [3.63, 3.8) is 0 Å². The number of aliphatic hydroxyl groups is 1. The number of hydrogen-bond donors (Lipinski definition) is 1. The van der Waals surface area contributed by atoms with Crippen LogP contribution in [0.5, 0.6) is 5.75 Å². The van der Waals surface area contributed by atoms with Crippen LogP contribution in [0.4, 0.5) is 5.13 Å². The number of fused-ring (bicyclic) bond motifs is 1. The second-order valence-corrected chi connectivity index (χ2v) is 11.6. The molecule has 0 radical (unpaired) electrons. The Morgan fingerprint density at radius 3 is 2.56 bits per heavy atom. The van der Waals surface area contributed by atoms with Gasteiger partial charge >= 0.3 is 0 Å². The predicted octanol–water partition coefficient (Wildman–Crippen LogP) is 7.07. The number of aliphatic hydroxyl groups excluding tert-OH is 1. The summed E-state index contributed by atoms with van der Waals surface area (Å²) in [4.78, 5) is 28.7. The summed E-state index contributed by atoms with van der Waals surface area (Å²) < 4.78 is 12.1. The molecule has 0 bridgehead atoms. The molecule has 3 aromatic carbocycles. The van der Waals surface area contributed by atoms with E-state index in [9.17, 15) is 14.7 Å². The van der Waals surface area contributed by atoms with Crippen LogP contribution < -0.4 is 9.64 Å². The zero-order valence-electron chi connectivity index (χ0n) is 22.2. The van der Waals surface area contributed by atoms with E-state index < -0.39 is 23.5 Å². The molecule has 3 heterocycles. The number of anilines is 1. The number of aromatic nitrogens is 2. The number of nitrogens with zero attached hydrogens (tertiary/aromatic N) is 3. The highest BCUT2D eigenvalue weighted by molar-refractivity contribution is 8.00. The molecule has 10 heteroatoms. The smallest absolute Gasteiger partial charge is 0.296 e. The lowest BCUT2D eigenvalue weighted by atomic mass is 9.95. The van der Waals surface area contributed by atoms with Crippen LogP contribution in [-0.4, -0.2) is 33.6 Å². The number of ether oxygens (including phenoxy) is 1. The van der Waals surface area contributed by atoms with Crippen LogP contribution >= 0.6 is 23.1 Å². The van der Waals surface area contributed by atoms with Crippen molar-refractivity contribution in [3.05, 3.63) is 113 Å². The first-order valence-electron chi connectivity index (χ1n) is 13.0. The van der Waals surface area contributed by atoms with Crippen molar-refractivity contribution in [2.75, 3.05) is 11.5 Å². The van der Waals surface area contributed by atoms with Gasteiger partial charge in [-0.25, -0.2) is 0 Å². The zero-order chi connectivity index (χ0) is 28.5. The number of carbonyl (C=O) groups excluding carboxylic acids is 2. The Bertz CT molecular complexity index is 1740. The molecule has 0 spiro atoms. The monoisotopic (exact) mass is 583 g/mol. The van der Waals surface area contributed by atoms with Gasteiger partial charge in [0, 0.05) is 11.1 Å². The van der Waals surface area contributed by atoms with Gasteiger partial charge in [0.2, 0.25) is 10.9 Å². The quantitative estimate of drug-likeness (QED) is 0.112. The third-order valence-electron chi connectivity index (χ3n) is 6.69. The maximum Gasteiger partial charge on any atom is 0.296 e. The van der Waals surface area contributed by atoms with Crippen LogP contribution in [0.1, 0.15) is 40.2 Å². The summed E-state index contributed by atoms with van der Waals surface area (Å²) in [6.45, 7) is 4.43. The molecule has 0 fully saturated rings. The topological polar surface area (TPSA) is 106 Å². The minimum Gasteiger partial charge on any atom is -0.503 e. The highest BCUT2D eigenvalue weighted by Gasteiger charge is 2.46. The molecule has 6 rings (SSSR count). The van der Waals surface area contributed by atoms with Gasteiger partial charge in [0.15, 0.2) is 15.9 Å². The van der Waals surface area contributed by atoms with E-state index in [1.54, 1.807) is 36.4 Å². The van der Waals surface area contributed by atoms with Crippen molar-refractivity contribution < 1.29 is 23.8 Å². The van der Waals surface area contributed by atoms with Gasteiger partial charge in [-0.3, -0.25) is 14.5 Å². The first-order valence-corrected chi connectivity index (χ1v) is 14.8. The van der Waals surface area contributed by atoms with E-state index in [1.165, 1.54) is 33.6 Å². The van der Waals surface area contributed by atoms with Gasteiger partial charge in [-0.15, -0.1) is 10.2 Å². The van der Waals surface area contributed by atoms with E-state index >= 15 is 0 Å². The van der Waals surface area contributed by atoms with Crippen molar-refractivity contribution in [1.29, 1.82) is 0 Å². The second-order valence-electron chi connectivity index (χ2n) is 9.44. The number of para-hydroxylation sites is 1. The molecule has 0 aliphatic carbocycles. The fourth-order valence-corrected chi connectivity index (χ4v) is 6.50. The van der Waals surface area contributed by atoms with E-state index in [-0.39, 0.29) is 16.5 Å². The molecule has 1 aliphatic heterocycles. The first-order chi connectivity index (χ1) is 19.9. The molecule has 8 nitrogen and oxygen atoms in total. The van der Waals surface area contributed by atoms with Gasteiger partial charge in [-0.05, 0) is 49.2 Å². The van der Waals surface area contributed by atoms with Gasteiger partial charge in [0.05, 0.1) is 18.2 Å². The number of hydrogen-bond acceptors (Lipinski definition) is 9. The fraction of sp³-hybridized carbons (Fsp3) is 0.161. The summed E-state index contributed by atoms with van der Waals surface area (Å²) in [5.74, 6) is -0.578. The van der Waals surface area contributed by atoms with Crippen molar-refractivity contribution >= 4 is 50.9 Å². The Morgan fingerprint density at radius 2 is 1.83 bits per heavy atom. The van der Waals surface area contributed by atoms with Gasteiger partial charge < -0.3 is 14.3 Å². The number of rotatable bonds is 9. The van der Waals surface area contributed by atoms with Gasteiger partial charge in [0.25, 0.3) is 5.91 Å². The third-order valence-corrected chi connectivity index (χ3v) is 8.82. The number of Topliss-reactive ketones (excluding diaryl/α,β-unsaturated/α-hetero) is 1. The second kappa shape index (κ2) is 11.2. The van der Waals surface area contributed by atoms with E-state index in [0.717, 1.165) is 10.9 Å². The van der Waals surface area contributed by atoms with Crippen molar-refractivity contribution in [2.45, 2.75) is 30.0 Å². The minimum atomic E-state index is -0.943. The van der Waals surface area contributed by atoms with E-state index in [0.29, 0.717) is 33.6 Å². The highest BCUT2D eigenvalue weighted by atomic mass is 32.2. The summed E-state index contributed by atoms with van der Waals surface area (Å²) >= 11 is 2.73. The average Bonchev–Trinajstić information content (AvgIpc) is 3.70. The molecular formula is C31H25N3O5S2. The molecule has 2 aromatic heterocycles. The number of amides is 1. The Balaban J connectivity index is 1.35. The maximum absolute atomic E-state index is 13.8. The number of aryl methyl sites for hydroxylation is 1. The van der Waals surface area contributed by atoms with Crippen LogP contribution in [0.2, 0.25) is 0 Å². The lowest BCUT2D eigenvalue weighted by molar-refractivity contribution is -0.117. The molecule has 0 saturated heterocycles. The fourth-order valence-electron chi connectivity index (χ4n) is 4.68. The molecule has 206 valence electrons. The Kier molecular flexibility index (Phi) is 7.34. The Labute approximate surface area is 244 Å². The number of carbonyl (C=O) groups is 2. The summed E-state index contributed by atoms with van der Waals surface area (Å²) in [6, 6.07) is 23.2. The standard InChI is InChI=1S/C31H25N3O5S2/c1-3-38-22-14-12-20(13-15-22)26-25(27(35)24-16-21-6-4-5-7-23(21)39-24)28(36)29(37)34(26)30-32-33-31(41-30)40-17-19-10-8-18(2)9-11-19/h4-16,26,36H,3,17H2,1-2H3. The Hall–Kier alpha value is -4.41. The van der Waals surface area contributed by atoms with Crippen molar-refractivity contribution in [2.24, 2.45) is 0 Å². The number of thioether (sulfide) groups is 1. The third kappa shape index (κ3) is 5.23. The largest absolute Gasteiger partial charge is 0.503 e. The first kappa shape index (κ1) is 26.8. The summed E-state index contributed by atoms with van der Waals surface area (Å²) in [5, 5.41) is 20.7. The van der Waals surface area contributed by atoms with Gasteiger partial charge in [-0.2, -0.15) is 0 Å². The predicted molar refractivity (Wildman–Crippen MR) is 159 cm³/mol. The Morgan fingerprint density at radius 1 is 1.07 bits per heavy atom. The molecule has 5 aromatic rings. The highest BCUT2D eigenvalue weighted by Crippen LogP contribution is 2.44. The number of furan rings is 1. The maximum atomic E-state index is 13.8. The van der Waals surface area contributed by atoms with Crippen LogP contribution in [0.25, 0.3) is 11.0 Å². The molecular weight excluding hydrogens is 558 g/mol. The van der Waals surface area contributed by atoms with Crippen LogP contribution in [0.15, 0.2) is 99.0 Å². The average molecular weight is 584 g/mol.